The molecule has 0 fully saturated rings. The number of aromatic nitrogens is 1. The smallest absolute Gasteiger partial charge is 0.399 e. The minimum absolute atomic E-state index is 0.104. The molecule has 0 atom stereocenters. The van der Waals surface area contributed by atoms with Gasteiger partial charge in [-0.25, -0.2) is 0 Å². The highest BCUT2D eigenvalue weighted by molar-refractivity contribution is 5.86. The second-order valence-corrected chi connectivity index (χ2v) is 3.01. The van der Waals surface area contributed by atoms with Gasteiger partial charge in [-0.1, -0.05) is 0 Å². The SMILES string of the molecule is Nc1cc(C(F)(F)F)c2cc[nH]c2c1. The molecule has 0 radical (unpaired) electrons. The minimum atomic E-state index is -4.37. The summed E-state index contributed by atoms with van der Waals surface area (Å²) in [6.07, 6.45) is -2.91. The Morgan fingerprint density at radius 3 is 2.57 bits per heavy atom. The molecule has 0 saturated heterocycles. The van der Waals surface area contributed by atoms with E-state index in [9.17, 15) is 13.2 Å². The van der Waals surface area contributed by atoms with Crippen molar-refractivity contribution in [2.45, 2.75) is 6.18 Å². The maximum absolute atomic E-state index is 12.5. The third kappa shape index (κ3) is 1.30. The number of anilines is 1. The van der Waals surface area contributed by atoms with Crippen molar-refractivity contribution >= 4 is 16.6 Å². The van der Waals surface area contributed by atoms with Gasteiger partial charge in [0.1, 0.15) is 0 Å². The van der Waals surface area contributed by atoms with Crippen LogP contribution in [0.15, 0.2) is 24.4 Å². The van der Waals surface area contributed by atoms with Crippen LogP contribution in [0.3, 0.4) is 0 Å². The van der Waals surface area contributed by atoms with Crippen molar-refractivity contribution < 1.29 is 13.2 Å². The fourth-order valence-corrected chi connectivity index (χ4v) is 1.42. The molecular formula is C9H7F3N2. The fourth-order valence-electron chi connectivity index (χ4n) is 1.42. The van der Waals surface area contributed by atoms with Crippen LogP contribution in [-0.4, -0.2) is 4.98 Å². The van der Waals surface area contributed by atoms with Crippen molar-refractivity contribution in [3.63, 3.8) is 0 Å². The van der Waals surface area contributed by atoms with Gasteiger partial charge in [-0.15, -0.1) is 0 Å². The van der Waals surface area contributed by atoms with Gasteiger partial charge in [-0.2, -0.15) is 13.2 Å². The van der Waals surface area contributed by atoms with E-state index < -0.39 is 11.7 Å². The van der Waals surface area contributed by atoms with Crippen LogP contribution in [0.25, 0.3) is 10.9 Å². The molecule has 0 amide bonds. The van der Waals surface area contributed by atoms with Crippen LogP contribution in [0.2, 0.25) is 0 Å². The summed E-state index contributed by atoms with van der Waals surface area (Å²) < 4.78 is 37.5. The van der Waals surface area contributed by atoms with E-state index in [4.69, 9.17) is 5.73 Å². The van der Waals surface area contributed by atoms with Gasteiger partial charge in [-0.05, 0) is 18.2 Å². The number of nitrogen functional groups attached to an aromatic ring is 1. The van der Waals surface area contributed by atoms with Crippen LogP contribution >= 0.6 is 0 Å². The summed E-state index contributed by atoms with van der Waals surface area (Å²) in [5.74, 6) is 0. The summed E-state index contributed by atoms with van der Waals surface area (Å²) in [7, 11) is 0. The number of H-pyrrole nitrogens is 1. The lowest BCUT2D eigenvalue weighted by Gasteiger charge is -2.08. The van der Waals surface area contributed by atoms with E-state index in [0.717, 1.165) is 6.07 Å². The second-order valence-electron chi connectivity index (χ2n) is 3.01. The van der Waals surface area contributed by atoms with Crippen molar-refractivity contribution in [1.82, 2.24) is 4.98 Å². The zero-order valence-corrected chi connectivity index (χ0v) is 7.02. The molecule has 0 bridgehead atoms. The Balaban J connectivity index is 2.80. The van der Waals surface area contributed by atoms with Gasteiger partial charge >= 0.3 is 6.18 Å². The first-order chi connectivity index (χ1) is 6.48. The van der Waals surface area contributed by atoms with Gasteiger partial charge in [0.2, 0.25) is 0 Å². The highest BCUT2D eigenvalue weighted by atomic mass is 19.4. The number of aromatic amines is 1. The van der Waals surface area contributed by atoms with Crippen molar-refractivity contribution in [1.29, 1.82) is 0 Å². The first-order valence-electron chi connectivity index (χ1n) is 3.92. The summed E-state index contributed by atoms with van der Waals surface area (Å²) in [6, 6.07) is 3.80. The minimum Gasteiger partial charge on any atom is -0.399 e. The predicted octanol–water partition coefficient (Wildman–Crippen LogP) is 2.77. The molecule has 5 heteroatoms. The molecule has 14 heavy (non-hydrogen) atoms. The quantitative estimate of drug-likeness (QED) is 0.631. The van der Waals surface area contributed by atoms with Gasteiger partial charge in [0, 0.05) is 22.8 Å². The first-order valence-corrected chi connectivity index (χ1v) is 3.92. The zero-order chi connectivity index (χ0) is 10.3. The molecule has 1 aromatic carbocycles. The molecule has 2 nitrogen and oxygen atoms in total. The van der Waals surface area contributed by atoms with Crippen molar-refractivity contribution in [3.8, 4) is 0 Å². The number of rotatable bonds is 0. The standard InChI is InChI=1S/C9H7F3N2/c10-9(11,12)7-3-5(13)4-8-6(7)1-2-14-8/h1-4,14H,13H2. The van der Waals surface area contributed by atoms with Crippen LogP contribution < -0.4 is 5.73 Å². The van der Waals surface area contributed by atoms with E-state index in [2.05, 4.69) is 4.98 Å². The Kier molecular flexibility index (Phi) is 1.70. The summed E-state index contributed by atoms with van der Waals surface area (Å²) in [5, 5.41) is 0.145. The topological polar surface area (TPSA) is 41.8 Å². The lowest BCUT2D eigenvalue weighted by molar-refractivity contribution is -0.136. The van der Waals surface area contributed by atoms with E-state index >= 15 is 0 Å². The summed E-state index contributed by atoms with van der Waals surface area (Å²) in [6.45, 7) is 0. The van der Waals surface area contributed by atoms with Crippen molar-refractivity contribution in [2.24, 2.45) is 0 Å². The lowest BCUT2D eigenvalue weighted by atomic mass is 10.1. The number of hydrogen-bond acceptors (Lipinski definition) is 1. The average Bonchev–Trinajstić information content (AvgIpc) is 2.47. The Morgan fingerprint density at radius 2 is 1.93 bits per heavy atom. The third-order valence-electron chi connectivity index (χ3n) is 2.00. The van der Waals surface area contributed by atoms with Crippen molar-refractivity contribution in [2.75, 3.05) is 5.73 Å². The number of nitrogens with two attached hydrogens (primary N) is 1. The Labute approximate surface area is 77.5 Å². The van der Waals surface area contributed by atoms with E-state index in [1.165, 1.54) is 18.3 Å². The molecule has 0 unspecified atom stereocenters. The number of halogens is 3. The molecular weight excluding hydrogens is 193 g/mol. The molecule has 1 heterocycles. The van der Waals surface area contributed by atoms with Crippen LogP contribution in [0, 0.1) is 0 Å². The van der Waals surface area contributed by atoms with E-state index in [0.29, 0.717) is 5.52 Å². The summed E-state index contributed by atoms with van der Waals surface area (Å²) >= 11 is 0. The normalized spacial score (nSPS) is 12.2. The number of alkyl halides is 3. The van der Waals surface area contributed by atoms with Crippen molar-refractivity contribution in [3.05, 3.63) is 30.0 Å². The van der Waals surface area contributed by atoms with Gasteiger partial charge in [-0.3, -0.25) is 0 Å². The van der Waals surface area contributed by atoms with Crippen LogP contribution in [-0.2, 0) is 6.18 Å². The molecule has 0 saturated carbocycles. The molecule has 1 aromatic heterocycles. The highest BCUT2D eigenvalue weighted by Gasteiger charge is 2.33. The molecule has 3 N–H and O–H groups in total. The molecule has 2 aromatic rings. The summed E-state index contributed by atoms with van der Waals surface area (Å²) in [5.41, 5.74) is 5.16. The van der Waals surface area contributed by atoms with Crippen LogP contribution in [0.5, 0.6) is 0 Å². The molecule has 2 rings (SSSR count). The van der Waals surface area contributed by atoms with Crippen LogP contribution in [0.1, 0.15) is 5.56 Å². The number of nitrogens with one attached hydrogen (secondary N) is 1. The molecule has 74 valence electrons. The molecule has 0 aliphatic heterocycles. The maximum Gasteiger partial charge on any atom is 0.417 e. The predicted molar refractivity (Wildman–Crippen MR) is 47.7 cm³/mol. The number of fused-ring (bicyclic) bond motifs is 1. The average molecular weight is 200 g/mol. The maximum atomic E-state index is 12.5. The Hall–Kier alpha value is -1.65. The zero-order valence-electron chi connectivity index (χ0n) is 7.02. The second kappa shape index (κ2) is 2.67. The lowest BCUT2D eigenvalue weighted by Crippen LogP contribution is -2.06. The summed E-state index contributed by atoms with van der Waals surface area (Å²) in [4.78, 5) is 2.69. The van der Waals surface area contributed by atoms with Gasteiger partial charge < -0.3 is 10.7 Å². The molecule has 0 spiro atoms. The molecule has 0 aliphatic carbocycles. The van der Waals surface area contributed by atoms with E-state index in [-0.39, 0.29) is 11.1 Å². The first kappa shape index (κ1) is 8.93. The fraction of sp³-hybridized carbons (Fsp3) is 0.111. The van der Waals surface area contributed by atoms with Gasteiger partial charge in [0.15, 0.2) is 0 Å². The van der Waals surface area contributed by atoms with Gasteiger partial charge in [0.25, 0.3) is 0 Å². The van der Waals surface area contributed by atoms with Crippen LogP contribution in [0.4, 0.5) is 18.9 Å². The monoisotopic (exact) mass is 200 g/mol. The third-order valence-corrected chi connectivity index (χ3v) is 2.00. The molecule has 0 aliphatic rings. The van der Waals surface area contributed by atoms with E-state index in [1.807, 2.05) is 0 Å². The highest BCUT2D eigenvalue weighted by Crippen LogP contribution is 2.35. The van der Waals surface area contributed by atoms with Gasteiger partial charge in [0.05, 0.1) is 5.56 Å². The number of hydrogen-bond donors (Lipinski definition) is 2. The number of benzene rings is 1. The largest absolute Gasteiger partial charge is 0.417 e. The Bertz CT molecular complexity index is 470. The van der Waals surface area contributed by atoms with E-state index in [1.54, 1.807) is 0 Å². The Morgan fingerprint density at radius 1 is 1.21 bits per heavy atom.